The van der Waals surface area contributed by atoms with E-state index in [1.807, 2.05) is 0 Å². The van der Waals surface area contributed by atoms with E-state index in [1.54, 1.807) is 60.7 Å². The molecule has 0 aliphatic rings. The summed E-state index contributed by atoms with van der Waals surface area (Å²) in [5.41, 5.74) is 0. The molecule has 2 rings (SSSR count). The maximum absolute atomic E-state index is 11.9. The lowest BCUT2D eigenvalue weighted by atomic mass is 10.1. The van der Waals surface area contributed by atoms with Crippen molar-refractivity contribution in [3.05, 3.63) is 60.7 Å². The summed E-state index contributed by atoms with van der Waals surface area (Å²) in [6.07, 6.45) is 24.5. The third kappa shape index (κ3) is 21.1. The number of benzene rings is 2. The van der Waals surface area contributed by atoms with Gasteiger partial charge < -0.3 is 0 Å². The largest absolute Gasteiger partial charge is 0.296 e. The molecule has 0 saturated carbocycles. The number of hydrogen-bond acceptors (Lipinski definition) is 6. The van der Waals surface area contributed by atoms with Gasteiger partial charge in [0.25, 0.3) is 20.2 Å². The van der Waals surface area contributed by atoms with Gasteiger partial charge in [-0.3, -0.25) is 8.37 Å². The van der Waals surface area contributed by atoms with Crippen LogP contribution in [-0.2, 0) is 28.6 Å². The molecule has 0 saturated heterocycles. The van der Waals surface area contributed by atoms with Crippen LogP contribution in [0.1, 0.15) is 142 Å². The Morgan fingerprint density at radius 2 is 0.636 bits per heavy atom. The summed E-state index contributed by atoms with van der Waals surface area (Å²) < 4.78 is 57.6. The van der Waals surface area contributed by atoms with E-state index >= 15 is 0 Å². The minimum atomic E-state index is -3.57. The number of rotatable bonds is 26. The van der Waals surface area contributed by atoms with Crippen LogP contribution < -0.4 is 0 Å². The highest BCUT2D eigenvalue weighted by Gasteiger charge is 2.14. The van der Waals surface area contributed by atoms with Crippen LogP contribution in [0.2, 0.25) is 0 Å². The van der Waals surface area contributed by atoms with E-state index in [1.165, 1.54) is 103 Å². The van der Waals surface area contributed by atoms with Crippen molar-refractivity contribution in [3.8, 4) is 0 Å². The first-order valence-corrected chi connectivity index (χ1v) is 20.0. The summed E-state index contributed by atoms with van der Waals surface area (Å²) in [7, 11) is -7.14. The van der Waals surface area contributed by atoms with Crippen molar-refractivity contribution >= 4 is 20.2 Å². The summed E-state index contributed by atoms with van der Waals surface area (Å²) in [4.78, 5) is 0.476. The summed E-state index contributed by atoms with van der Waals surface area (Å²) in [5.74, 6) is 0. The summed E-state index contributed by atoms with van der Waals surface area (Å²) in [6.45, 7) is 5.04. The van der Waals surface area contributed by atoms with Gasteiger partial charge in [0.15, 0.2) is 0 Å². The molecule has 0 bridgehead atoms. The first-order valence-electron chi connectivity index (χ1n) is 17.2. The second-order valence-corrected chi connectivity index (χ2v) is 14.8. The molecule has 0 atom stereocenters. The van der Waals surface area contributed by atoms with Crippen molar-refractivity contribution in [2.45, 2.75) is 152 Å². The predicted molar refractivity (Wildman–Crippen MR) is 183 cm³/mol. The molecule has 2 aromatic carbocycles. The molecule has 8 heteroatoms. The highest BCUT2D eigenvalue weighted by molar-refractivity contribution is 7.87. The van der Waals surface area contributed by atoms with Gasteiger partial charge in [-0.2, -0.15) is 16.8 Å². The second-order valence-electron chi connectivity index (χ2n) is 11.5. The molecule has 0 aromatic heterocycles. The summed E-state index contributed by atoms with van der Waals surface area (Å²) in [6, 6.07) is 16.7. The van der Waals surface area contributed by atoms with Gasteiger partial charge >= 0.3 is 0 Å². The van der Waals surface area contributed by atoms with Crippen LogP contribution in [-0.4, -0.2) is 30.0 Å². The highest BCUT2D eigenvalue weighted by atomic mass is 32.2. The van der Waals surface area contributed by atoms with Crippen LogP contribution in [0, 0.1) is 0 Å². The molecule has 0 spiro atoms. The zero-order valence-electron chi connectivity index (χ0n) is 27.6. The van der Waals surface area contributed by atoms with Crippen LogP contribution in [0.25, 0.3) is 0 Å². The van der Waals surface area contributed by atoms with Gasteiger partial charge in [-0.15, -0.1) is 0 Å². The molecular formula is C36H60O6S2. The third-order valence-electron chi connectivity index (χ3n) is 7.54. The van der Waals surface area contributed by atoms with Crippen LogP contribution >= 0.6 is 0 Å². The SMILES string of the molecule is CCCCCCCCCCCCOS(=O)(=O)c1ccccc1.CCCCCCCCCCCCOS(=O)(=O)c1ccccc1. The third-order valence-corrected chi connectivity index (χ3v) is 10.2. The van der Waals surface area contributed by atoms with Gasteiger partial charge in [0.2, 0.25) is 0 Å². The smallest absolute Gasteiger partial charge is 0.266 e. The van der Waals surface area contributed by atoms with Gasteiger partial charge in [0.1, 0.15) is 0 Å². The molecule has 6 nitrogen and oxygen atoms in total. The molecule has 44 heavy (non-hydrogen) atoms. The molecule has 2 aromatic rings. The molecule has 0 fully saturated rings. The molecule has 252 valence electrons. The van der Waals surface area contributed by atoms with E-state index in [2.05, 4.69) is 13.8 Å². The Labute approximate surface area is 270 Å². The minimum absolute atomic E-state index is 0.238. The van der Waals surface area contributed by atoms with Crippen LogP contribution in [0.15, 0.2) is 70.5 Å². The molecule has 0 heterocycles. The Kier molecular flexibility index (Phi) is 24.2. The summed E-state index contributed by atoms with van der Waals surface area (Å²) in [5, 5.41) is 0. The fraction of sp³-hybridized carbons (Fsp3) is 0.667. The van der Waals surface area contributed by atoms with E-state index in [0.29, 0.717) is 0 Å². The molecule has 0 radical (unpaired) electrons. The van der Waals surface area contributed by atoms with Crippen molar-refractivity contribution in [3.63, 3.8) is 0 Å². The molecule has 0 N–H and O–H groups in total. The minimum Gasteiger partial charge on any atom is -0.266 e. The zero-order chi connectivity index (χ0) is 32.2. The number of hydrogen-bond donors (Lipinski definition) is 0. The Morgan fingerprint density at radius 3 is 0.909 bits per heavy atom. The molecule has 0 aliphatic carbocycles. The highest BCUT2D eigenvalue weighted by Crippen LogP contribution is 2.15. The van der Waals surface area contributed by atoms with Gasteiger partial charge in [0, 0.05) is 0 Å². The lowest BCUT2D eigenvalue weighted by Gasteiger charge is -2.05. The van der Waals surface area contributed by atoms with Crippen molar-refractivity contribution in [1.82, 2.24) is 0 Å². The van der Waals surface area contributed by atoms with E-state index in [4.69, 9.17) is 8.37 Å². The molecule has 0 aliphatic heterocycles. The fourth-order valence-corrected chi connectivity index (χ4v) is 6.75. The predicted octanol–water partition coefficient (Wildman–Crippen LogP) is 10.6. The Morgan fingerprint density at radius 1 is 0.386 bits per heavy atom. The maximum atomic E-state index is 11.9. The second kappa shape index (κ2) is 26.5. The van der Waals surface area contributed by atoms with Crippen LogP contribution in [0.5, 0.6) is 0 Å². The topological polar surface area (TPSA) is 86.7 Å². The maximum Gasteiger partial charge on any atom is 0.296 e. The van der Waals surface area contributed by atoms with Crippen molar-refractivity contribution < 1.29 is 25.2 Å². The number of unbranched alkanes of at least 4 members (excludes halogenated alkanes) is 18. The lowest BCUT2D eigenvalue weighted by Crippen LogP contribution is -2.07. The fourth-order valence-electron chi connectivity index (χ4n) is 4.83. The molecule has 0 unspecified atom stereocenters. The van der Waals surface area contributed by atoms with Crippen molar-refractivity contribution in [1.29, 1.82) is 0 Å². The van der Waals surface area contributed by atoms with Gasteiger partial charge in [-0.25, -0.2) is 0 Å². The van der Waals surface area contributed by atoms with E-state index in [-0.39, 0.29) is 23.0 Å². The Balaban J connectivity index is 0.000000440. The standard InChI is InChI=1S/2C18H30O3S/c2*1-2-3-4-5-6-7-8-9-10-14-17-21-22(19,20)18-15-12-11-13-16-18/h2*11-13,15-16H,2-10,14,17H2,1H3. The summed E-state index contributed by atoms with van der Waals surface area (Å²) >= 11 is 0. The van der Waals surface area contributed by atoms with Gasteiger partial charge in [-0.1, -0.05) is 166 Å². The van der Waals surface area contributed by atoms with E-state index in [9.17, 15) is 16.8 Å². The van der Waals surface area contributed by atoms with E-state index in [0.717, 1.165) is 25.7 Å². The monoisotopic (exact) mass is 652 g/mol. The molecular weight excluding hydrogens is 593 g/mol. The zero-order valence-corrected chi connectivity index (χ0v) is 29.2. The molecule has 0 amide bonds. The normalized spacial score (nSPS) is 11.7. The van der Waals surface area contributed by atoms with Crippen molar-refractivity contribution in [2.75, 3.05) is 13.2 Å². The average Bonchev–Trinajstić information content (AvgIpc) is 3.03. The quantitative estimate of drug-likeness (QED) is 0.0742. The Bertz CT molecular complexity index is 1030. The van der Waals surface area contributed by atoms with Crippen molar-refractivity contribution in [2.24, 2.45) is 0 Å². The van der Waals surface area contributed by atoms with Gasteiger partial charge in [-0.05, 0) is 37.1 Å². The van der Waals surface area contributed by atoms with Crippen LogP contribution in [0.4, 0.5) is 0 Å². The van der Waals surface area contributed by atoms with Crippen LogP contribution in [0.3, 0.4) is 0 Å². The first-order chi connectivity index (χ1) is 21.3. The Hall–Kier alpha value is -1.74. The average molecular weight is 653 g/mol. The lowest BCUT2D eigenvalue weighted by molar-refractivity contribution is 0.305. The first kappa shape index (κ1) is 40.3. The van der Waals surface area contributed by atoms with E-state index < -0.39 is 20.2 Å². The van der Waals surface area contributed by atoms with Gasteiger partial charge in [0.05, 0.1) is 23.0 Å².